The summed E-state index contributed by atoms with van der Waals surface area (Å²) in [4.78, 5) is -0.110. The van der Waals surface area contributed by atoms with Crippen molar-refractivity contribution in [2.75, 3.05) is 0 Å². The molecule has 0 radical (unpaired) electrons. The third kappa shape index (κ3) is 2.72. The van der Waals surface area contributed by atoms with Crippen LogP contribution in [0.2, 0.25) is 0 Å². The summed E-state index contributed by atoms with van der Waals surface area (Å²) in [5, 5.41) is 9.52. The van der Waals surface area contributed by atoms with E-state index in [9.17, 15) is 13.5 Å². The molecule has 2 N–H and O–H groups in total. The van der Waals surface area contributed by atoms with E-state index in [0.29, 0.717) is 0 Å². The lowest BCUT2D eigenvalue weighted by atomic mass is 10.3. The predicted octanol–water partition coefficient (Wildman–Crippen LogP) is 1.21. The first-order chi connectivity index (χ1) is 8.49. The molecule has 2 aromatic rings. The first kappa shape index (κ1) is 12.7. The number of hydrogen-bond acceptors (Lipinski definition) is 3. The van der Waals surface area contributed by atoms with Crippen molar-refractivity contribution in [3.8, 4) is 5.75 Å². The van der Waals surface area contributed by atoms with Gasteiger partial charge in [0.2, 0.25) is 10.0 Å². The number of aryl methyl sites for hydroxylation is 1. The molecule has 0 aliphatic rings. The molecule has 0 fully saturated rings. The molecule has 18 heavy (non-hydrogen) atoms. The average Bonchev–Trinajstić information content (AvgIpc) is 2.73. The van der Waals surface area contributed by atoms with Gasteiger partial charge in [-0.2, -0.15) is 0 Å². The highest BCUT2D eigenvalue weighted by atomic mass is 32.2. The Kier molecular flexibility index (Phi) is 3.40. The molecule has 0 amide bonds. The smallest absolute Gasteiger partial charge is 0.244 e. The maximum Gasteiger partial charge on any atom is 0.244 e. The van der Waals surface area contributed by atoms with E-state index in [-0.39, 0.29) is 17.2 Å². The summed E-state index contributed by atoms with van der Waals surface area (Å²) in [5.74, 6) is -0.252. The molecular weight excluding hydrogens is 252 g/mol. The Morgan fingerprint density at radius 3 is 2.61 bits per heavy atom. The number of rotatable bonds is 4. The van der Waals surface area contributed by atoms with Gasteiger partial charge >= 0.3 is 0 Å². The van der Waals surface area contributed by atoms with Gasteiger partial charge in [-0.25, -0.2) is 13.1 Å². The quantitative estimate of drug-likeness (QED) is 0.873. The molecule has 6 heteroatoms. The number of nitrogens with one attached hydrogen (secondary N) is 1. The highest BCUT2D eigenvalue weighted by molar-refractivity contribution is 7.89. The van der Waals surface area contributed by atoms with Gasteiger partial charge in [0.05, 0.1) is 0 Å². The summed E-state index contributed by atoms with van der Waals surface area (Å²) >= 11 is 0. The van der Waals surface area contributed by atoms with Gasteiger partial charge in [0.15, 0.2) is 0 Å². The van der Waals surface area contributed by atoms with Crippen LogP contribution in [-0.4, -0.2) is 18.1 Å². The predicted molar refractivity (Wildman–Crippen MR) is 67.5 cm³/mol. The average molecular weight is 266 g/mol. The molecule has 96 valence electrons. The lowest BCUT2D eigenvalue weighted by molar-refractivity contribution is 0.458. The molecule has 0 aliphatic heterocycles. The molecule has 1 heterocycles. The Hall–Kier alpha value is -1.79. The number of para-hydroxylation sites is 1. The van der Waals surface area contributed by atoms with Crippen molar-refractivity contribution < 1.29 is 13.5 Å². The van der Waals surface area contributed by atoms with Crippen LogP contribution in [-0.2, 0) is 23.6 Å². The number of hydrogen-bond donors (Lipinski definition) is 2. The third-order valence-electron chi connectivity index (χ3n) is 2.51. The van der Waals surface area contributed by atoms with Gasteiger partial charge in [0.25, 0.3) is 0 Å². The standard InChI is InChI=1S/C12H14N2O3S/c1-14-7-6-10(9-14)8-13-18(16,17)12-5-3-2-4-11(12)15/h2-7,9,13,15H,8H2,1H3. The number of sulfonamides is 1. The normalized spacial score (nSPS) is 11.6. The minimum absolute atomic E-state index is 0.110. The summed E-state index contributed by atoms with van der Waals surface area (Å²) in [6.07, 6.45) is 3.66. The molecule has 0 spiro atoms. The Balaban J connectivity index is 2.16. The molecule has 1 aromatic heterocycles. The molecular formula is C12H14N2O3S. The van der Waals surface area contributed by atoms with Gasteiger partial charge in [0.1, 0.15) is 10.6 Å². The van der Waals surface area contributed by atoms with Gasteiger partial charge in [-0.15, -0.1) is 0 Å². The Morgan fingerprint density at radius 1 is 1.28 bits per heavy atom. The summed E-state index contributed by atoms with van der Waals surface area (Å²) in [7, 11) is -1.83. The van der Waals surface area contributed by atoms with E-state index in [1.54, 1.807) is 12.1 Å². The second-order valence-electron chi connectivity index (χ2n) is 3.98. The number of benzene rings is 1. The number of aromatic hydroxyl groups is 1. The van der Waals surface area contributed by atoms with E-state index in [1.165, 1.54) is 12.1 Å². The molecule has 0 unspecified atom stereocenters. The van der Waals surface area contributed by atoms with E-state index >= 15 is 0 Å². The van der Waals surface area contributed by atoms with Crippen molar-refractivity contribution in [1.29, 1.82) is 0 Å². The number of nitrogens with zero attached hydrogens (tertiary/aromatic N) is 1. The highest BCUT2D eigenvalue weighted by Gasteiger charge is 2.17. The van der Waals surface area contributed by atoms with Crippen LogP contribution in [0.5, 0.6) is 5.75 Å². The maximum absolute atomic E-state index is 12.0. The van der Waals surface area contributed by atoms with Crippen molar-refractivity contribution in [3.63, 3.8) is 0 Å². The van der Waals surface area contributed by atoms with Crippen molar-refractivity contribution in [3.05, 3.63) is 48.3 Å². The lowest BCUT2D eigenvalue weighted by Crippen LogP contribution is -2.23. The fourth-order valence-corrected chi connectivity index (χ4v) is 2.72. The summed E-state index contributed by atoms with van der Waals surface area (Å²) < 4.78 is 28.2. The summed E-state index contributed by atoms with van der Waals surface area (Å²) in [6.45, 7) is 0.192. The second kappa shape index (κ2) is 4.83. The molecule has 2 rings (SSSR count). The molecule has 0 aliphatic carbocycles. The Morgan fingerprint density at radius 2 is 2.00 bits per heavy atom. The van der Waals surface area contributed by atoms with Gasteiger partial charge in [-0.1, -0.05) is 12.1 Å². The SMILES string of the molecule is Cn1ccc(CNS(=O)(=O)c2ccccc2O)c1. The zero-order valence-electron chi connectivity index (χ0n) is 9.87. The molecule has 0 saturated carbocycles. The van der Waals surface area contributed by atoms with Crippen LogP contribution in [0.3, 0.4) is 0 Å². The van der Waals surface area contributed by atoms with Gasteiger partial charge < -0.3 is 9.67 Å². The molecule has 1 aromatic carbocycles. The first-order valence-corrected chi connectivity index (χ1v) is 6.86. The topological polar surface area (TPSA) is 71.3 Å². The van der Waals surface area contributed by atoms with Crippen molar-refractivity contribution in [2.24, 2.45) is 7.05 Å². The van der Waals surface area contributed by atoms with Crippen LogP contribution in [0, 0.1) is 0 Å². The first-order valence-electron chi connectivity index (χ1n) is 5.37. The van der Waals surface area contributed by atoms with E-state index in [2.05, 4.69) is 4.72 Å². The van der Waals surface area contributed by atoms with Crippen LogP contribution in [0.1, 0.15) is 5.56 Å². The monoisotopic (exact) mass is 266 g/mol. The molecule has 0 bridgehead atoms. The number of phenolic OH excluding ortho intramolecular Hbond substituents is 1. The van der Waals surface area contributed by atoms with Gasteiger partial charge in [-0.05, 0) is 23.8 Å². The van der Waals surface area contributed by atoms with Crippen LogP contribution < -0.4 is 4.72 Å². The van der Waals surface area contributed by atoms with E-state index < -0.39 is 10.0 Å². The van der Waals surface area contributed by atoms with E-state index in [0.717, 1.165) is 5.56 Å². The molecule has 5 nitrogen and oxygen atoms in total. The van der Waals surface area contributed by atoms with Gasteiger partial charge in [0, 0.05) is 26.0 Å². The van der Waals surface area contributed by atoms with Crippen LogP contribution in [0.15, 0.2) is 47.6 Å². The van der Waals surface area contributed by atoms with Crippen molar-refractivity contribution in [2.45, 2.75) is 11.4 Å². The zero-order chi connectivity index (χ0) is 13.2. The Bertz CT molecular complexity index is 647. The Labute approximate surface area is 106 Å². The van der Waals surface area contributed by atoms with Crippen LogP contribution >= 0.6 is 0 Å². The summed E-state index contributed by atoms with van der Waals surface area (Å²) in [6, 6.07) is 7.68. The minimum atomic E-state index is -3.69. The fraction of sp³-hybridized carbons (Fsp3) is 0.167. The molecule has 0 saturated heterocycles. The fourth-order valence-electron chi connectivity index (χ4n) is 1.61. The highest BCUT2D eigenvalue weighted by Crippen LogP contribution is 2.21. The minimum Gasteiger partial charge on any atom is -0.507 e. The van der Waals surface area contributed by atoms with E-state index in [1.807, 2.05) is 30.1 Å². The van der Waals surface area contributed by atoms with Gasteiger partial charge in [-0.3, -0.25) is 0 Å². The second-order valence-corrected chi connectivity index (χ2v) is 5.71. The number of aromatic nitrogens is 1. The van der Waals surface area contributed by atoms with Crippen LogP contribution in [0.4, 0.5) is 0 Å². The van der Waals surface area contributed by atoms with E-state index in [4.69, 9.17) is 0 Å². The maximum atomic E-state index is 12.0. The largest absolute Gasteiger partial charge is 0.507 e. The van der Waals surface area contributed by atoms with Crippen molar-refractivity contribution >= 4 is 10.0 Å². The number of phenols is 1. The molecule has 0 atom stereocenters. The lowest BCUT2D eigenvalue weighted by Gasteiger charge is -2.07. The zero-order valence-corrected chi connectivity index (χ0v) is 10.7. The summed E-state index contributed by atoms with van der Waals surface area (Å²) in [5.41, 5.74) is 0.858. The van der Waals surface area contributed by atoms with Crippen molar-refractivity contribution in [1.82, 2.24) is 9.29 Å². The van der Waals surface area contributed by atoms with Crippen LogP contribution in [0.25, 0.3) is 0 Å². The third-order valence-corrected chi connectivity index (χ3v) is 3.96.